The maximum absolute atomic E-state index is 13.0. The molecule has 2 amide bonds. The van der Waals surface area contributed by atoms with Crippen molar-refractivity contribution in [2.75, 3.05) is 10.6 Å². The summed E-state index contributed by atoms with van der Waals surface area (Å²) in [6.45, 7) is 4.15. The van der Waals surface area contributed by atoms with Crippen LogP contribution in [0.15, 0.2) is 79.0 Å². The molecule has 4 aromatic rings. The number of benzene rings is 3. The van der Waals surface area contributed by atoms with Crippen molar-refractivity contribution < 1.29 is 4.79 Å². The standard InChI is InChI=1S/C27H25ClN4O/c1-3-18-12-8-13-19(4-2)24(18)32-27(33)30-23-17-29-26(20-10-6-5-7-11-20)31-25(23)21-14-9-15-22(28)16-21/h5-17H,3-4H2,1-2H3,(H2,30,32,33). The van der Waals surface area contributed by atoms with E-state index in [1.807, 2.05) is 66.7 Å². The Hall–Kier alpha value is -3.70. The Kier molecular flexibility index (Phi) is 7.01. The van der Waals surface area contributed by atoms with Gasteiger partial charge in [-0.1, -0.05) is 86.1 Å². The van der Waals surface area contributed by atoms with Gasteiger partial charge in [0, 0.05) is 21.8 Å². The molecule has 0 saturated carbocycles. The first-order valence-corrected chi connectivity index (χ1v) is 11.3. The number of amides is 2. The number of para-hydroxylation sites is 1. The second kappa shape index (κ2) is 10.3. The molecule has 0 aliphatic rings. The van der Waals surface area contributed by atoms with Gasteiger partial charge in [-0.15, -0.1) is 0 Å². The third-order valence-electron chi connectivity index (χ3n) is 5.40. The third-order valence-corrected chi connectivity index (χ3v) is 5.64. The summed E-state index contributed by atoms with van der Waals surface area (Å²) in [6.07, 6.45) is 3.29. The number of aromatic nitrogens is 2. The Bertz CT molecular complexity index is 1250. The van der Waals surface area contributed by atoms with Crippen LogP contribution in [0.5, 0.6) is 0 Å². The van der Waals surface area contributed by atoms with Gasteiger partial charge in [0.25, 0.3) is 0 Å². The van der Waals surface area contributed by atoms with Crippen LogP contribution >= 0.6 is 11.6 Å². The van der Waals surface area contributed by atoms with Crippen molar-refractivity contribution in [3.63, 3.8) is 0 Å². The van der Waals surface area contributed by atoms with Crippen LogP contribution in [0.2, 0.25) is 5.02 Å². The van der Waals surface area contributed by atoms with Gasteiger partial charge in [0.2, 0.25) is 0 Å². The second-order valence-electron chi connectivity index (χ2n) is 7.57. The minimum absolute atomic E-state index is 0.343. The third kappa shape index (κ3) is 5.21. The molecule has 5 nitrogen and oxygen atoms in total. The Morgan fingerprint density at radius 2 is 1.52 bits per heavy atom. The summed E-state index contributed by atoms with van der Waals surface area (Å²) in [5.41, 5.74) is 5.82. The highest BCUT2D eigenvalue weighted by molar-refractivity contribution is 6.30. The average Bonchev–Trinajstić information content (AvgIpc) is 2.85. The average molecular weight is 457 g/mol. The lowest BCUT2D eigenvalue weighted by molar-refractivity contribution is 0.262. The van der Waals surface area contributed by atoms with Gasteiger partial charge in [0.1, 0.15) is 0 Å². The highest BCUT2D eigenvalue weighted by atomic mass is 35.5. The van der Waals surface area contributed by atoms with Gasteiger partial charge < -0.3 is 10.6 Å². The summed E-state index contributed by atoms with van der Waals surface area (Å²) in [6, 6.07) is 22.9. The predicted molar refractivity (Wildman–Crippen MR) is 136 cm³/mol. The fourth-order valence-corrected chi connectivity index (χ4v) is 3.92. The number of halogens is 1. The number of nitrogens with one attached hydrogen (secondary N) is 2. The molecular weight excluding hydrogens is 432 g/mol. The number of carbonyl (C=O) groups excluding carboxylic acids is 1. The van der Waals surface area contributed by atoms with Gasteiger partial charge in [0.15, 0.2) is 5.82 Å². The predicted octanol–water partition coefficient (Wildman–Crippen LogP) is 7.23. The van der Waals surface area contributed by atoms with E-state index in [0.29, 0.717) is 22.2 Å². The molecule has 0 unspecified atom stereocenters. The van der Waals surface area contributed by atoms with E-state index in [9.17, 15) is 4.79 Å². The number of hydrogen-bond acceptors (Lipinski definition) is 3. The lowest BCUT2D eigenvalue weighted by Crippen LogP contribution is -2.22. The monoisotopic (exact) mass is 456 g/mol. The van der Waals surface area contributed by atoms with Crippen LogP contribution in [-0.4, -0.2) is 16.0 Å². The van der Waals surface area contributed by atoms with Crippen molar-refractivity contribution in [2.24, 2.45) is 0 Å². The molecular formula is C27H25ClN4O. The summed E-state index contributed by atoms with van der Waals surface area (Å²) in [4.78, 5) is 22.3. The SMILES string of the molecule is CCc1cccc(CC)c1NC(=O)Nc1cnc(-c2ccccc2)nc1-c1cccc(Cl)c1. The summed E-state index contributed by atoms with van der Waals surface area (Å²) < 4.78 is 0. The molecule has 0 fully saturated rings. The van der Waals surface area contributed by atoms with E-state index >= 15 is 0 Å². The normalized spacial score (nSPS) is 10.6. The Morgan fingerprint density at radius 3 is 2.18 bits per heavy atom. The fourth-order valence-electron chi connectivity index (χ4n) is 3.73. The van der Waals surface area contributed by atoms with Crippen LogP contribution in [0.25, 0.3) is 22.6 Å². The van der Waals surface area contributed by atoms with Crippen LogP contribution < -0.4 is 10.6 Å². The number of carbonyl (C=O) groups is 1. The zero-order chi connectivity index (χ0) is 23.2. The van der Waals surface area contributed by atoms with E-state index < -0.39 is 0 Å². The molecule has 6 heteroatoms. The van der Waals surface area contributed by atoms with Gasteiger partial charge >= 0.3 is 6.03 Å². The first-order chi connectivity index (χ1) is 16.1. The molecule has 0 bridgehead atoms. The molecule has 33 heavy (non-hydrogen) atoms. The molecule has 0 aliphatic heterocycles. The highest BCUT2D eigenvalue weighted by Crippen LogP contribution is 2.30. The molecule has 0 aliphatic carbocycles. The Balaban J connectivity index is 1.70. The number of hydrogen-bond donors (Lipinski definition) is 2. The topological polar surface area (TPSA) is 66.9 Å². The van der Waals surface area contributed by atoms with Crippen molar-refractivity contribution in [1.82, 2.24) is 9.97 Å². The Labute approximate surface area is 198 Å². The van der Waals surface area contributed by atoms with Crippen molar-refractivity contribution in [2.45, 2.75) is 26.7 Å². The first-order valence-electron chi connectivity index (χ1n) is 11.0. The van der Waals surface area contributed by atoms with E-state index in [0.717, 1.165) is 40.8 Å². The van der Waals surface area contributed by atoms with Gasteiger partial charge in [0.05, 0.1) is 17.6 Å². The molecule has 4 rings (SSSR count). The molecule has 0 radical (unpaired) electrons. The van der Waals surface area contributed by atoms with Gasteiger partial charge in [-0.2, -0.15) is 0 Å². The van der Waals surface area contributed by atoms with Crippen molar-refractivity contribution in [3.05, 3.63) is 95.1 Å². The fraction of sp³-hybridized carbons (Fsp3) is 0.148. The molecule has 0 saturated heterocycles. The van der Waals surface area contributed by atoms with Gasteiger partial charge in [-0.05, 0) is 36.1 Å². The maximum Gasteiger partial charge on any atom is 0.323 e. The van der Waals surface area contributed by atoms with E-state index in [4.69, 9.17) is 16.6 Å². The lowest BCUT2D eigenvalue weighted by atomic mass is 10.0. The van der Waals surface area contributed by atoms with Crippen LogP contribution in [0, 0.1) is 0 Å². The lowest BCUT2D eigenvalue weighted by Gasteiger charge is -2.16. The summed E-state index contributed by atoms with van der Waals surface area (Å²) in [5.74, 6) is 0.570. The molecule has 3 aromatic carbocycles. The summed E-state index contributed by atoms with van der Waals surface area (Å²) in [5, 5.41) is 6.56. The largest absolute Gasteiger partial charge is 0.323 e. The number of nitrogens with zero attached hydrogens (tertiary/aromatic N) is 2. The second-order valence-corrected chi connectivity index (χ2v) is 8.01. The van der Waals surface area contributed by atoms with Gasteiger partial charge in [-0.25, -0.2) is 14.8 Å². The van der Waals surface area contributed by atoms with E-state index in [1.54, 1.807) is 12.3 Å². The number of anilines is 2. The molecule has 1 heterocycles. The van der Waals surface area contributed by atoms with Crippen molar-refractivity contribution in [3.8, 4) is 22.6 Å². The van der Waals surface area contributed by atoms with Gasteiger partial charge in [-0.3, -0.25) is 0 Å². The van der Waals surface area contributed by atoms with Crippen LogP contribution in [0.1, 0.15) is 25.0 Å². The smallest absolute Gasteiger partial charge is 0.307 e. The number of rotatable bonds is 6. The molecule has 166 valence electrons. The van der Waals surface area contributed by atoms with E-state index in [1.165, 1.54) is 0 Å². The molecule has 0 atom stereocenters. The first kappa shape index (κ1) is 22.5. The van der Waals surface area contributed by atoms with Crippen molar-refractivity contribution >= 4 is 29.0 Å². The summed E-state index contributed by atoms with van der Waals surface area (Å²) >= 11 is 6.24. The zero-order valence-corrected chi connectivity index (χ0v) is 19.4. The number of aryl methyl sites for hydroxylation is 2. The Morgan fingerprint density at radius 1 is 0.848 bits per heavy atom. The summed E-state index contributed by atoms with van der Waals surface area (Å²) in [7, 11) is 0. The molecule has 0 spiro atoms. The quantitative estimate of drug-likeness (QED) is 0.321. The van der Waals surface area contributed by atoms with E-state index in [-0.39, 0.29) is 6.03 Å². The molecule has 2 N–H and O–H groups in total. The highest BCUT2D eigenvalue weighted by Gasteiger charge is 2.16. The van der Waals surface area contributed by atoms with Crippen LogP contribution in [-0.2, 0) is 12.8 Å². The van der Waals surface area contributed by atoms with Crippen LogP contribution in [0.4, 0.5) is 16.2 Å². The number of urea groups is 1. The minimum Gasteiger partial charge on any atom is -0.307 e. The van der Waals surface area contributed by atoms with E-state index in [2.05, 4.69) is 29.5 Å². The molecule has 1 aromatic heterocycles. The zero-order valence-electron chi connectivity index (χ0n) is 18.6. The minimum atomic E-state index is -0.343. The van der Waals surface area contributed by atoms with Crippen molar-refractivity contribution in [1.29, 1.82) is 0 Å². The van der Waals surface area contributed by atoms with Crippen LogP contribution in [0.3, 0.4) is 0 Å². The maximum atomic E-state index is 13.0.